The smallest absolute Gasteiger partial charge is 0.249 e. The second kappa shape index (κ2) is 6.59. The molecule has 0 saturated carbocycles. The summed E-state index contributed by atoms with van der Waals surface area (Å²) < 4.78 is 0.854. The third-order valence-corrected chi connectivity index (χ3v) is 4.04. The van der Waals surface area contributed by atoms with E-state index in [-0.39, 0.29) is 11.8 Å². The van der Waals surface area contributed by atoms with E-state index in [9.17, 15) is 9.59 Å². The number of halogens is 2. The quantitative estimate of drug-likeness (QED) is 0.901. The molecule has 1 aromatic rings. The van der Waals surface area contributed by atoms with Gasteiger partial charge in [0.2, 0.25) is 11.8 Å². The summed E-state index contributed by atoms with van der Waals surface area (Å²) in [4.78, 5) is 25.9. The number of amides is 2. The molecular formula is C14H16BrClN2O2. The second-order valence-corrected chi connectivity index (χ2v) is 6.07. The van der Waals surface area contributed by atoms with Crippen molar-refractivity contribution in [3.05, 3.63) is 27.7 Å². The molecule has 0 spiro atoms. The van der Waals surface area contributed by atoms with Crippen molar-refractivity contribution in [1.29, 1.82) is 0 Å². The fourth-order valence-corrected chi connectivity index (χ4v) is 3.04. The Bertz CT molecular complexity index is 536. The largest absolute Gasteiger partial charge is 0.344 e. The van der Waals surface area contributed by atoms with Crippen LogP contribution in [0.4, 0.5) is 5.69 Å². The third-order valence-electron chi connectivity index (χ3n) is 3.24. The minimum Gasteiger partial charge on any atom is -0.344 e. The molecule has 2 amide bonds. The maximum absolute atomic E-state index is 12.6. The van der Waals surface area contributed by atoms with Gasteiger partial charge in [-0.1, -0.05) is 40.9 Å². The summed E-state index contributed by atoms with van der Waals surface area (Å²) >= 11 is 9.56. The third kappa shape index (κ3) is 3.33. The Morgan fingerprint density at radius 1 is 1.45 bits per heavy atom. The zero-order valence-corrected chi connectivity index (χ0v) is 13.5. The first-order valence-electron chi connectivity index (χ1n) is 6.58. The molecule has 2 rings (SSSR count). The fourth-order valence-electron chi connectivity index (χ4n) is 2.26. The molecular weight excluding hydrogens is 344 g/mol. The van der Waals surface area contributed by atoms with Crippen LogP contribution >= 0.6 is 27.5 Å². The van der Waals surface area contributed by atoms with E-state index in [0.29, 0.717) is 30.1 Å². The minimum absolute atomic E-state index is 0.0902. The molecule has 6 heteroatoms. The first-order chi connectivity index (χ1) is 9.52. The standard InChI is InChI=1S/C14H16BrClN2O2/c1-2-3-11-14(20)18(7-6-13(19)17-11)12-5-4-9(15)8-10(12)16/h4-5,8,11H,2-3,6-7H2,1H3,(H,17,19). The molecule has 1 fully saturated rings. The van der Waals surface area contributed by atoms with Gasteiger partial charge in [0.25, 0.3) is 0 Å². The number of hydrogen-bond acceptors (Lipinski definition) is 2. The van der Waals surface area contributed by atoms with Crippen LogP contribution in [0, 0.1) is 0 Å². The molecule has 108 valence electrons. The van der Waals surface area contributed by atoms with E-state index < -0.39 is 6.04 Å². The highest BCUT2D eigenvalue weighted by Crippen LogP contribution is 2.30. The van der Waals surface area contributed by atoms with Gasteiger partial charge in [-0.3, -0.25) is 9.59 Å². The topological polar surface area (TPSA) is 49.4 Å². The highest BCUT2D eigenvalue weighted by molar-refractivity contribution is 9.10. The summed E-state index contributed by atoms with van der Waals surface area (Å²) in [6.07, 6.45) is 1.76. The van der Waals surface area contributed by atoms with E-state index in [1.165, 1.54) is 0 Å². The molecule has 20 heavy (non-hydrogen) atoms. The van der Waals surface area contributed by atoms with Crippen LogP contribution < -0.4 is 10.2 Å². The van der Waals surface area contributed by atoms with E-state index in [1.807, 2.05) is 13.0 Å². The Hall–Kier alpha value is -1.07. The molecule has 1 atom stereocenters. The average molecular weight is 360 g/mol. The van der Waals surface area contributed by atoms with E-state index in [4.69, 9.17) is 11.6 Å². The Morgan fingerprint density at radius 3 is 2.85 bits per heavy atom. The number of anilines is 1. The summed E-state index contributed by atoms with van der Waals surface area (Å²) in [6.45, 7) is 2.34. The van der Waals surface area contributed by atoms with Gasteiger partial charge in [-0.25, -0.2) is 0 Å². The summed E-state index contributed by atoms with van der Waals surface area (Å²) in [5.74, 6) is -0.186. The van der Waals surface area contributed by atoms with Gasteiger partial charge < -0.3 is 10.2 Å². The first-order valence-corrected chi connectivity index (χ1v) is 7.75. The van der Waals surface area contributed by atoms with Crippen LogP contribution in [0.5, 0.6) is 0 Å². The molecule has 4 nitrogen and oxygen atoms in total. The van der Waals surface area contributed by atoms with Crippen LogP contribution in [0.3, 0.4) is 0 Å². The Balaban J connectivity index is 2.33. The van der Waals surface area contributed by atoms with Crippen molar-refractivity contribution in [2.24, 2.45) is 0 Å². The van der Waals surface area contributed by atoms with Crippen LogP contribution in [0.1, 0.15) is 26.2 Å². The van der Waals surface area contributed by atoms with E-state index in [2.05, 4.69) is 21.2 Å². The first kappa shape index (κ1) is 15.3. The van der Waals surface area contributed by atoms with Gasteiger partial charge >= 0.3 is 0 Å². The second-order valence-electron chi connectivity index (χ2n) is 4.74. The van der Waals surface area contributed by atoms with Gasteiger partial charge in [0.15, 0.2) is 0 Å². The van der Waals surface area contributed by atoms with Crippen LogP contribution in [-0.2, 0) is 9.59 Å². The molecule has 0 bridgehead atoms. The minimum atomic E-state index is -0.463. The molecule has 1 saturated heterocycles. The van der Waals surface area contributed by atoms with Crippen LogP contribution in [0.2, 0.25) is 5.02 Å². The number of carbonyl (C=O) groups is 2. The highest BCUT2D eigenvalue weighted by atomic mass is 79.9. The number of benzene rings is 1. The Morgan fingerprint density at radius 2 is 2.20 bits per heavy atom. The Kier molecular flexibility index (Phi) is 5.05. The maximum Gasteiger partial charge on any atom is 0.249 e. The molecule has 0 aromatic heterocycles. The van der Waals surface area contributed by atoms with Crippen LogP contribution in [0.15, 0.2) is 22.7 Å². The lowest BCUT2D eigenvalue weighted by atomic mass is 10.1. The van der Waals surface area contributed by atoms with Gasteiger partial charge in [-0.05, 0) is 24.6 Å². The number of carbonyl (C=O) groups excluding carboxylic acids is 2. The van der Waals surface area contributed by atoms with Crippen LogP contribution in [0.25, 0.3) is 0 Å². The molecule has 1 aliphatic rings. The average Bonchev–Trinajstić information content (AvgIpc) is 2.52. The lowest BCUT2D eigenvalue weighted by Gasteiger charge is -2.25. The molecule has 0 radical (unpaired) electrons. The molecule has 1 unspecified atom stereocenters. The number of hydrogen-bond donors (Lipinski definition) is 1. The normalized spacial score (nSPS) is 19.8. The van der Waals surface area contributed by atoms with Crippen molar-refractivity contribution >= 4 is 45.0 Å². The lowest BCUT2D eigenvalue weighted by molar-refractivity contribution is -0.125. The number of nitrogens with one attached hydrogen (secondary N) is 1. The summed E-state index contributed by atoms with van der Waals surface area (Å²) in [6, 6.07) is 4.92. The van der Waals surface area contributed by atoms with E-state index in [1.54, 1.807) is 17.0 Å². The van der Waals surface area contributed by atoms with Gasteiger partial charge in [-0.15, -0.1) is 0 Å². The SMILES string of the molecule is CCCC1NC(=O)CCN(c2ccc(Br)cc2Cl)C1=O. The van der Waals surface area contributed by atoms with Gasteiger partial charge in [0.05, 0.1) is 10.7 Å². The zero-order valence-electron chi connectivity index (χ0n) is 11.2. The van der Waals surface area contributed by atoms with Crippen molar-refractivity contribution in [2.75, 3.05) is 11.4 Å². The molecule has 1 N–H and O–H groups in total. The molecule has 1 heterocycles. The molecule has 1 aliphatic heterocycles. The molecule has 0 aliphatic carbocycles. The lowest BCUT2D eigenvalue weighted by Crippen LogP contribution is -2.44. The van der Waals surface area contributed by atoms with E-state index >= 15 is 0 Å². The summed E-state index contributed by atoms with van der Waals surface area (Å²) in [5.41, 5.74) is 0.650. The van der Waals surface area contributed by atoms with Crippen LogP contribution in [-0.4, -0.2) is 24.4 Å². The van der Waals surface area contributed by atoms with Crippen molar-refractivity contribution in [2.45, 2.75) is 32.2 Å². The van der Waals surface area contributed by atoms with Crippen molar-refractivity contribution in [3.63, 3.8) is 0 Å². The van der Waals surface area contributed by atoms with Gasteiger partial charge in [-0.2, -0.15) is 0 Å². The molecule has 1 aromatic carbocycles. The predicted molar refractivity (Wildman–Crippen MR) is 83.0 cm³/mol. The zero-order chi connectivity index (χ0) is 14.7. The monoisotopic (exact) mass is 358 g/mol. The summed E-state index contributed by atoms with van der Waals surface area (Å²) in [7, 11) is 0. The van der Waals surface area contributed by atoms with Crippen molar-refractivity contribution < 1.29 is 9.59 Å². The van der Waals surface area contributed by atoms with Gasteiger partial charge in [0.1, 0.15) is 6.04 Å². The van der Waals surface area contributed by atoms with Crippen molar-refractivity contribution in [3.8, 4) is 0 Å². The maximum atomic E-state index is 12.6. The van der Waals surface area contributed by atoms with E-state index in [0.717, 1.165) is 10.9 Å². The number of rotatable bonds is 3. The predicted octanol–water partition coefficient (Wildman–Crippen LogP) is 3.12. The van der Waals surface area contributed by atoms with Crippen molar-refractivity contribution in [1.82, 2.24) is 5.32 Å². The highest BCUT2D eigenvalue weighted by Gasteiger charge is 2.30. The van der Waals surface area contributed by atoms with Gasteiger partial charge in [0, 0.05) is 17.4 Å². The fraction of sp³-hybridized carbons (Fsp3) is 0.429. The number of nitrogens with zero attached hydrogens (tertiary/aromatic N) is 1. The Labute approximate surface area is 131 Å². The summed E-state index contributed by atoms with van der Waals surface area (Å²) in [5, 5.41) is 3.28.